The summed E-state index contributed by atoms with van der Waals surface area (Å²) in [5, 5.41) is 2.64. The summed E-state index contributed by atoms with van der Waals surface area (Å²) in [6.45, 7) is 0.929. The Morgan fingerprint density at radius 3 is 2.90 bits per heavy atom. The summed E-state index contributed by atoms with van der Waals surface area (Å²) in [7, 11) is 3.64. The van der Waals surface area contributed by atoms with Gasteiger partial charge in [-0.15, -0.1) is 0 Å². The molecule has 1 aliphatic rings. The predicted molar refractivity (Wildman–Crippen MR) is 39.4 cm³/mol. The van der Waals surface area contributed by atoms with Crippen LogP contribution < -0.4 is 5.32 Å². The average molecular weight is 141 g/mol. The Hall–Kier alpha value is -0.570. The molecule has 1 amide bonds. The van der Waals surface area contributed by atoms with Crippen molar-refractivity contribution in [2.45, 2.75) is 12.5 Å². The molecule has 0 saturated carbocycles. The van der Waals surface area contributed by atoms with E-state index in [4.69, 9.17) is 0 Å². The van der Waals surface area contributed by atoms with Crippen LogP contribution in [0.1, 0.15) is 6.42 Å². The molecule has 0 aliphatic carbocycles. The maximum Gasteiger partial charge on any atom is 0.237 e. The fourth-order valence-corrected chi connectivity index (χ4v) is 1.22. The molecular weight excluding hydrogens is 128 g/mol. The first-order valence-electron chi connectivity index (χ1n) is 3.49. The Bertz CT molecular complexity index is 136. The summed E-state index contributed by atoms with van der Waals surface area (Å²) in [6.07, 6.45) is 3.01. The Labute approximate surface area is 61.4 Å². The number of likely N-dealkylation sites (tertiary alicyclic amines) is 1. The molecule has 1 N–H and O–H groups in total. The van der Waals surface area contributed by atoms with E-state index in [1.807, 2.05) is 11.9 Å². The largest absolute Gasteiger partial charge is 0.358 e. The number of nitrogens with zero attached hydrogens (tertiary/aromatic N) is 1. The highest BCUT2D eigenvalue weighted by molar-refractivity contribution is 5.81. The lowest BCUT2D eigenvalue weighted by atomic mass is 10.2. The van der Waals surface area contributed by atoms with Crippen LogP contribution in [0.15, 0.2) is 0 Å². The number of nitrogens with one attached hydrogen (secondary N) is 1. The van der Waals surface area contributed by atoms with Crippen LogP contribution in [0.2, 0.25) is 0 Å². The molecule has 0 aromatic carbocycles. The third-order valence-corrected chi connectivity index (χ3v) is 1.89. The molecule has 3 nitrogen and oxygen atoms in total. The molecule has 57 valence electrons. The lowest BCUT2D eigenvalue weighted by Gasteiger charge is -2.16. The standard InChI is InChI=1S/C7H13N2O/c1-8-7(10)6-4-3-5-9(6)2/h3,6H,4-5H2,1-2H3,(H,8,10). The van der Waals surface area contributed by atoms with Crippen molar-refractivity contribution in [3.8, 4) is 0 Å². The first-order chi connectivity index (χ1) is 4.75. The maximum atomic E-state index is 11.1. The first-order valence-corrected chi connectivity index (χ1v) is 3.49. The van der Waals surface area contributed by atoms with Crippen molar-refractivity contribution < 1.29 is 4.79 Å². The number of carbonyl (C=O) groups excluding carboxylic acids is 1. The third kappa shape index (κ3) is 1.29. The van der Waals surface area contributed by atoms with E-state index < -0.39 is 0 Å². The molecule has 10 heavy (non-hydrogen) atoms. The lowest BCUT2D eigenvalue weighted by molar-refractivity contribution is -0.124. The van der Waals surface area contributed by atoms with Crippen LogP contribution in [0.25, 0.3) is 0 Å². The highest BCUT2D eigenvalue weighted by atomic mass is 16.2. The van der Waals surface area contributed by atoms with Gasteiger partial charge in [-0.2, -0.15) is 0 Å². The summed E-state index contributed by atoms with van der Waals surface area (Å²) in [6, 6.07) is 0.0741. The Balaban J connectivity index is 2.46. The number of hydrogen-bond acceptors (Lipinski definition) is 2. The third-order valence-electron chi connectivity index (χ3n) is 1.89. The van der Waals surface area contributed by atoms with Crippen molar-refractivity contribution in [1.82, 2.24) is 10.2 Å². The van der Waals surface area contributed by atoms with Crippen LogP contribution >= 0.6 is 0 Å². The molecule has 1 rings (SSSR count). The molecule has 1 heterocycles. The quantitative estimate of drug-likeness (QED) is 0.541. The Kier molecular flexibility index (Phi) is 2.27. The van der Waals surface area contributed by atoms with Crippen LogP contribution in [0.4, 0.5) is 0 Å². The van der Waals surface area contributed by atoms with E-state index in [2.05, 4.69) is 11.7 Å². The zero-order chi connectivity index (χ0) is 7.56. The van der Waals surface area contributed by atoms with E-state index in [1.54, 1.807) is 7.05 Å². The van der Waals surface area contributed by atoms with Crippen LogP contribution in [0.5, 0.6) is 0 Å². The molecule has 1 atom stereocenters. The van der Waals surface area contributed by atoms with Crippen molar-refractivity contribution >= 4 is 5.91 Å². The van der Waals surface area contributed by atoms with Crippen molar-refractivity contribution in [2.75, 3.05) is 20.6 Å². The Morgan fingerprint density at radius 2 is 2.50 bits per heavy atom. The molecular formula is C7H13N2O. The van der Waals surface area contributed by atoms with Crippen molar-refractivity contribution in [3.05, 3.63) is 6.42 Å². The van der Waals surface area contributed by atoms with E-state index >= 15 is 0 Å². The lowest BCUT2D eigenvalue weighted by Crippen LogP contribution is -2.39. The maximum absolute atomic E-state index is 11.1. The predicted octanol–water partition coefficient (Wildman–Crippen LogP) is -0.359. The SMILES string of the molecule is CNC(=O)C1C[CH]CN1C. The zero-order valence-corrected chi connectivity index (χ0v) is 6.42. The Morgan fingerprint density at radius 1 is 1.80 bits per heavy atom. The molecule has 0 aromatic rings. The zero-order valence-electron chi connectivity index (χ0n) is 6.42. The van der Waals surface area contributed by atoms with Gasteiger partial charge in [0.1, 0.15) is 0 Å². The minimum absolute atomic E-state index is 0.0741. The molecule has 1 unspecified atom stereocenters. The average Bonchev–Trinajstić information content (AvgIpc) is 2.34. The monoisotopic (exact) mass is 141 g/mol. The summed E-state index contributed by atoms with van der Waals surface area (Å²) in [5.74, 6) is 0.122. The highest BCUT2D eigenvalue weighted by Gasteiger charge is 2.26. The van der Waals surface area contributed by atoms with Gasteiger partial charge in [-0.1, -0.05) is 0 Å². The smallest absolute Gasteiger partial charge is 0.237 e. The fourth-order valence-electron chi connectivity index (χ4n) is 1.22. The molecule has 0 aromatic heterocycles. The summed E-state index contributed by atoms with van der Waals surface area (Å²) < 4.78 is 0. The van der Waals surface area contributed by atoms with Gasteiger partial charge in [-0.25, -0.2) is 0 Å². The van der Waals surface area contributed by atoms with Crippen molar-refractivity contribution in [2.24, 2.45) is 0 Å². The van der Waals surface area contributed by atoms with Gasteiger partial charge < -0.3 is 5.32 Å². The first kappa shape index (κ1) is 7.54. The minimum atomic E-state index is 0.0741. The number of hydrogen-bond donors (Lipinski definition) is 1. The van der Waals surface area contributed by atoms with E-state index in [-0.39, 0.29) is 11.9 Å². The van der Waals surface area contributed by atoms with E-state index in [0.29, 0.717) is 0 Å². The highest BCUT2D eigenvalue weighted by Crippen LogP contribution is 2.12. The number of carbonyl (C=O) groups is 1. The van der Waals surface area contributed by atoms with Crippen molar-refractivity contribution in [1.29, 1.82) is 0 Å². The molecule has 1 radical (unpaired) electrons. The van der Waals surface area contributed by atoms with Gasteiger partial charge in [0, 0.05) is 13.6 Å². The van der Waals surface area contributed by atoms with Gasteiger partial charge in [0.25, 0.3) is 0 Å². The number of rotatable bonds is 1. The summed E-state index contributed by atoms with van der Waals surface area (Å²) in [4.78, 5) is 13.1. The molecule has 0 spiro atoms. The van der Waals surface area contributed by atoms with Gasteiger partial charge >= 0.3 is 0 Å². The normalized spacial score (nSPS) is 26.8. The second kappa shape index (κ2) is 3.01. The second-order valence-corrected chi connectivity index (χ2v) is 2.59. The molecule has 1 fully saturated rings. The van der Waals surface area contributed by atoms with Gasteiger partial charge in [0.2, 0.25) is 5.91 Å². The van der Waals surface area contributed by atoms with Gasteiger partial charge in [-0.3, -0.25) is 9.69 Å². The van der Waals surface area contributed by atoms with Crippen LogP contribution in [-0.4, -0.2) is 37.5 Å². The van der Waals surface area contributed by atoms with Gasteiger partial charge in [0.15, 0.2) is 0 Å². The number of amides is 1. The van der Waals surface area contributed by atoms with Crippen LogP contribution in [0, 0.1) is 6.42 Å². The minimum Gasteiger partial charge on any atom is -0.358 e. The van der Waals surface area contributed by atoms with E-state index in [9.17, 15) is 4.79 Å². The van der Waals surface area contributed by atoms with Crippen molar-refractivity contribution in [3.63, 3.8) is 0 Å². The van der Waals surface area contributed by atoms with Crippen LogP contribution in [0.3, 0.4) is 0 Å². The molecule has 1 aliphatic heterocycles. The van der Waals surface area contributed by atoms with E-state index in [0.717, 1.165) is 13.0 Å². The van der Waals surface area contributed by atoms with Crippen LogP contribution in [-0.2, 0) is 4.79 Å². The second-order valence-electron chi connectivity index (χ2n) is 2.59. The number of likely N-dealkylation sites (N-methyl/N-ethyl adjacent to an activating group) is 2. The van der Waals surface area contributed by atoms with E-state index in [1.165, 1.54) is 0 Å². The summed E-state index contributed by atoms with van der Waals surface area (Å²) >= 11 is 0. The fraction of sp³-hybridized carbons (Fsp3) is 0.714. The molecule has 3 heteroatoms. The molecule has 1 saturated heterocycles. The summed E-state index contributed by atoms with van der Waals surface area (Å²) in [5.41, 5.74) is 0. The van der Waals surface area contributed by atoms with Gasteiger partial charge in [0.05, 0.1) is 6.04 Å². The molecule has 0 bridgehead atoms. The topological polar surface area (TPSA) is 32.3 Å². The van der Waals surface area contributed by atoms with Gasteiger partial charge in [-0.05, 0) is 19.9 Å².